The van der Waals surface area contributed by atoms with Crippen molar-refractivity contribution in [2.75, 3.05) is 5.32 Å². The van der Waals surface area contributed by atoms with Crippen LogP contribution in [0.3, 0.4) is 0 Å². The van der Waals surface area contributed by atoms with E-state index in [-0.39, 0.29) is 0 Å². The van der Waals surface area contributed by atoms with Crippen LogP contribution in [-0.2, 0) is 0 Å². The summed E-state index contributed by atoms with van der Waals surface area (Å²) in [5, 5.41) is 3.59. The molecule has 0 saturated heterocycles. The van der Waals surface area contributed by atoms with Crippen molar-refractivity contribution in [1.82, 2.24) is 9.97 Å². The van der Waals surface area contributed by atoms with Gasteiger partial charge in [-0.15, -0.1) is 0 Å². The van der Waals surface area contributed by atoms with E-state index in [0.717, 1.165) is 34.2 Å². The van der Waals surface area contributed by atoms with E-state index in [4.69, 9.17) is 0 Å². The zero-order valence-electron chi connectivity index (χ0n) is 14.4. The van der Waals surface area contributed by atoms with Crippen molar-refractivity contribution in [1.29, 1.82) is 0 Å². The van der Waals surface area contributed by atoms with E-state index in [1.54, 1.807) is 0 Å². The minimum absolute atomic E-state index is 1.03. The van der Waals surface area contributed by atoms with Gasteiger partial charge < -0.3 is 5.32 Å². The van der Waals surface area contributed by atoms with Crippen LogP contribution in [0.2, 0.25) is 0 Å². The summed E-state index contributed by atoms with van der Waals surface area (Å²) in [5.74, 6) is 0. The first-order valence-electron chi connectivity index (χ1n) is 7.39. The van der Waals surface area contributed by atoms with Gasteiger partial charge in [0.1, 0.15) is 0 Å². The summed E-state index contributed by atoms with van der Waals surface area (Å²) in [4.78, 5) is 9.29. The molecule has 3 heteroatoms. The highest BCUT2D eigenvalue weighted by Crippen LogP contribution is 2.31. The molecule has 0 aliphatic carbocycles. The number of nitrogens with zero attached hydrogens (tertiary/aromatic N) is 2. The molecule has 1 N–H and O–H groups in total. The van der Waals surface area contributed by atoms with Crippen LogP contribution in [0.4, 0.5) is 11.4 Å². The first kappa shape index (κ1) is 15.5. The van der Waals surface area contributed by atoms with Crippen molar-refractivity contribution in [3.63, 3.8) is 0 Å². The van der Waals surface area contributed by atoms with Crippen LogP contribution in [-0.4, -0.2) is 9.97 Å². The van der Waals surface area contributed by atoms with Crippen LogP contribution < -0.4 is 5.32 Å². The van der Waals surface area contributed by atoms with Crippen molar-refractivity contribution in [3.05, 3.63) is 45.0 Å². The Balaban J connectivity index is 2.59. The Kier molecular flexibility index (Phi) is 4.04. The van der Waals surface area contributed by atoms with Gasteiger partial charge in [0.05, 0.1) is 22.8 Å². The number of hydrogen-bond donors (Lipinski definition) is 1. The molecule has 0 unspecified atom stereocenters. The van der Waals surface area contributed by atoms with Crippen LogP contribution in [0.25, 0.3) is 0 Å². The predicted molar refractivity (Wildman–Crippen MR) is 89.7 cm³/mol. The normalized spacial score (nSPS) is 10.9. The Morgan fingerprint density at radius 1 is 0.476 bits per heavy atom. The third kappa shape index (κ3) is 2.65. The fraction of sp³-hybridized carbons (Fsp3) is 0.444. The van der Waals surface area contributed by atoms with Gasteiger partial charge in [0.25, 0.3) is 0 Å². The van der Waals surface area contributed by atoms with E-state index in [9.17, 15) is 0 Å². The van der Waals surface area contributed by atoms with Gasteiger partial charge in [-0.05, 0) is 77.6 Å². The smallest absolute Gasteiger partial charge is 0.0633 e. The second-order valence-corrected chi connectivity index (χ2v) is 5.94. The van der Waals surface area contributed by atoms with Gasteiger partial charge in [0.2, 0.25) is 0 Å². The zero-order valence-corrected chi connectivity index (χ0v) is 14.4. The van der Waals surface area contributed by atoms with Crippen LogP contribution in [0, 0.1) is 55.4 Å². The van der Waals surface area contributed by atoms with E-state index in [0.29, 0.717) is 0 Å². The first-order valence-corrected chi connectivity index (χ1v) is 7.39. The van der Waals surface area contributed by atoms with Crippen molar-refractivity contribution < 1.29 is 0 Å². The lowest BCUT2D eigenvalue weighted by Gasteiger charge is -2.20. The standard InChI is InChI=1S/C18H25N3/c1-9-11(3)17(15(7)19-13(9)5)21-18-12(4)10(2)14(6)20-16(18)8/h21H,1-8H3. The van der Waals surface area contributed by atoms with Gasteiger partial charge in [-0.1, -0.05) is 0 Å². The van der Waals surface area contributed by atoms with Gasteiger partial charge in [-0.3, -0.25) is 9.97 Å². The molecule has 2 heterocycles. The largest absolute Gasteiger partial charge is 0.352 e. The molecule has 0 saturated carbocycles. The number of anilines is 2. The van der Waals surface area contributed by atoms with Crippen molar-refractivity contribution >= 4 is 11.4 Å². The second-order valence-electron chi connectivity index (χ2n) is 5.94. The topological polar surface area (TPSA) is 37.8 Å². The number of aryl methyl sites for hydroxylation is 4. The number of pyridine rings is 2. The maximum atomic E-state index is 4.65. The summed E-state index contributed by atoms with van der Waals surface area (Å²) in [6, 6.07) is 0. The highest BCUT2D eigenvalue weighted by molar-refractivity contribution is 5.71. The molecular formula is C18H25N3. The van der Waals surface area contributed by atoms with Crippen LogP contribution in [0.1, 0.15) is 45.0 Å². The Bertz CT molecular complexity index is 654. The first-order chi connectivity index (χ1) is 9.73. The molecule has 0 aliphatic rings. The van der Waals surface area contributed by atoms with E-state index in [1.165, 1.54) is 22.3 Å². The maximum Gasteiger partial charge on any atom is 0.0633 e. The molecule has 2 rings (SSSR count). The number of hydrogen-bond acceptors (Lipinski definition) is 3. The molecular weight excluding hydrogens is 258 g/mol. The van der Waals surface area contributed by atoms with Crippen molar-refractivity contribution in [2.24, 2.45) is 0 Å². The molecule has 0 amide bonds. The lowest BCUT2D eigenvalue weighted by molar-refractivity contribution is 1.05. The average molecular weight is 283 g/mol. The monoisotopic (exact) mass is 283 g/mol. The fourth-order valence-electron chi connectivity index (χ4n) is 2.74. The molecule has 0 spiro atoms. The molecule has 3 nitrogen and oxygen atoms in total. The van der Waals surface area contributed by atoms with Crippen LogP contribution in [0.15, 0.2) is 0 Å². The van der Waals surface area contributed by atoms with Gasteiger partial charge in [0, 0.05) is 11.4 Å². The lowest BCUT2D eigenvalue weighted by atomic mass is 10.0. The zero-order chi connectivity index (χ0) is 15.9. The molecule has 112 valence electrons. The van der Waals surface area contributed by atoms with Gasteiger partial charge in [-0.25, -0.2) is 0 Å². The van der Waals surface area contributed by atoms with Gasteiger partial charge >= 0.3 is 0 Å². The molecule has 21 heavy (non-hydrogen) atoms. The second kappa shape index (κ2) is 5.47. The highest BCUT2D eigenvalue weighted by atomic mass is 14.9. The number of rotatable bonds is 2. The molecule has 2 aromatic rings. The fourth-order valence-corrected chi connectivity index (χ4v) is 2.74. The van der Waals surface area contributed by atoms with E-state index < -0.39 is 0 Å². The molecule has 0 bridgehead atoms. The molecule has 0 aliphatic heterocycles. The quantitative estimate of drug-likeness (QED) is 0.869. The maximum absolute atomic E-state index is 4.65. The summed E-state index contributed by atoms with van der Waals surface area (Å²) >= 11 is 0. The Morgan fingerprint density at radius 2 is 0.810 bits per heavy atom. The summed E-state index contributed by atoms with van der Waals surface area (Å²) in [5.41, 5.74) is 11.5. The van der Waals surface area contributed by atoms with Crippen LogP contribution >= 0.6 is 0 Å². The van der Waals surface area contributed by atoms with E-state index in [1.807, 2.05) is 0 Å². The third-order valence-electron chi connectivity index (χ3n) is 4.60. The number of nitrogens with one attached hydrogen (secondary N) is 1. The van der Waals surface area contributed by atoms with Crippen molar-refractivity contribution in [3.8, 4) is 0 Å². The third-order valence-corrected chi connectivity index (χ3v) is 4.60. The minimum atomic E-state index is 1.03. The summed E-state index contributed by atoms with van der Waals surface area (Å²) in [7, 11) is 0. The molecule has 0 aromatic carbocycles. The molecule has 2 aromatic heterocycles. The number of aromatic nitrogens is 2. The SMILES string of the molecule is Cc1nc(C)c(Nc2c(C)nc(C)c(C)c2C)c(C)c1C. The highest BCUT2D eigenvalue weighted by Gasteiger charge is 2.14. The molecule has 0 atom stereocenters. The summed E-state index contributed by atoms with van der Waals surface area (Å²) < 4.78 is 0. The lowest BCUT2D eigenvalue weighted by Crippen LogP contribution is -2.07. The Hall–Kier alpha value is -1.90. The Labute approximate surface area is 127 Å². The average Bonchev–Trinajstić information content (AvgIpc) is 2.42. The summed E-state index contributed by atoms with van der Waals surface area (Å²) in [6.07, 6.45) is 0. The predicted octanol–water partition coefficient (Wildman–Crippen LogP) is 4.69. The summed E-state index contributed by atoms with van der Waals surface area (Å²) in [6.45, 7) is 16.8. The van der Waals surface area contributed by atoms with Crippen molar-refractivity contribution in [2.45, 2.75) is 55.4 Å². The van der Waals surface area contributed by atoms with Crippen LogP contribution in [0.5, 0.6) is 0 Å². The van der Waals surface area contributed by atoms with Gasteiger partial charge in [-0.2, -0.15) is 0 Å². The minimum Gasteiger partial charge on any atom is -0.352 e. The molecule has 0 radical (unpaired) electrons. The van der Waals surface area contributed by atoms with Gasteiger partial charge in [0.15, 0.2) is 0 Å². The Morgan fingerprint density at radius 3 is 1.14 bits per heavy atom. The van der Waals surface area contributed by atoms with E-state index >= 15 is 0 Å². The molecule has 0 fully saturated rings. The van der Waals surface area contributed by atoms with E-state index in [2.05, 4.69) is 70.7 Å².